The number of aromatic amines is 1. The zero-order chi connectivity index (χ0) is 15.9. The Balaban J connectivity index is 1.97. The predicted molar refractivity (Wildman–Crippen MR) is 85.0 cm³/mol. The molecule has 7 nitrogen and oxygen atoms in total. The van der Waals surface area contributed by atoms with E-state index >= 15 is 0 Å². The minimum atomic E-state index is -0.431. The van der Waals surface area contributed by atoms with E-state index in [1.807, 2.05) is 12.4 Å². The first-order chi connectivity index (χ1) is 10.6. The number of ether oxygens (including phenoxy) is 1. The van der Waals surface area contributed by atoms with Gasteiger partial charge in [0, 0.05) is 23.6 Å². The first kappa shape index (κ1) is 16.2. The molecule has 2 rings (SSSR count). The highest BCUT2D eigenvalue weighted by Crippen LogP contribution is 2.25. The zero-order valence-corrected chi connectivity index (χ0v) is 13.3. The van der Waals surface area contributed by atoms with Crippen LogP contribution in [0, 0.1) is 0 Å². The van der Waals surface area contributed by atoms with E-state index in [9.17, 15) is 9.59 Å². The summed E-state index contributed by atoms with van der Waals surface area (Å²) in [6.45, 7) is 0.802. The van der Waals surface area contributed by atoms with E-state index in [1.165, 1.54) is 18.4 Å². The number of hydrogen-bond donors (Lipinski definition) is 3. The number of nitrogens with zero attached hydrogens (tertiary/aromatic N) is 1. The van der Waals surface area contributed by atoms with Crippen LogP contribution in [0.25, 0.3) is 11.3 Å². The first-order valence-corrected chi connectivity index (χ1v) is 7.69. The van der Waals surface area contributed by atoms with Gasteiger partial charge in [-0.15, -0.1) is 11.3 Å². The van der Waals surface area contributed by atoms with Gasteiger partial charge in [0.15, 0.2) is 5.13 Å². The lowest BCUT2D eigenvalue weighted by atomic mass is 10.2. The van der Waals surface area contributed by atoms with Crippen LogP contribution in [0.15, 0.2) is 17.6 Å². The molecule has 0 aliphatic carbocycles. The monoisotopic (exact) mass is 322 g/mol. The molecule has 0 aromatic carbocycles. The van der Waals surface area contributed by atoms with Gasteiger partial charge in [0.25, 0.3) is 0 Å². The topological polar surface area (TPSA) is 96.1 Å². The molecule has 0 aliphatic rings. The van der Waals surface area contributed by atoms with Crippen LogP contribution >= 0.6 is 11.3 Å². The lowest BCUT2D eigenvalue weighted by Crippen LogP contribution is -2.15. The normalized spacial score (nSPS) is 10.5. The van der Waals surface area contributed by atoms with Crippen LogP contribution in [-0.4, -0.2) is 42.5 Å². The van der Waals surface area contributed by atoms with E-state index in [0.717, 1.165) is 18.5 Å². The number of carbonyl (C=O) groups excluding carboxylic acids is 2. The molecule has 1 amide bonds. The Kier molecular flexibility index (Phi) is 5.68. The van der Waals surface area contributed by atoms with Crippen LogP contribution in [0.5, 0.6) is 0 Å². The Morgan fingerprint density at radius 2 is 2.27 bits per heavy atom. The molecule has 0 aliphatic heterocycles. The quantitative estimate of drug-likeness (QED) is 0.534. The first-order valence-electron chi connectivity index (χ1n) is 6.81. The van der Waals surface area contributed by atoms with E-state index in [1.54, 1.807) is 12.3 Å². The maximum atomic E-state index is 11.7. The average Bonchev–Trinajstić information content (AvgIpc) is 3.15. The minimum absolute atomic E-state index is 0.0551. The third kappa shape index (κ3) is 4.15. The molecular formula is C14H18N4O3S. The summed E-state index contributed by atoms with van der Waals surface area (Å²) in [7, 11) is 3.18. The number of aromatic nitrogens is 2. The molecule has 2 aromatic rings. The average molecular weight is 322 g/mol. The van der Waals surface area contributed by atoms with Crippen molar-refractivity contribution in [2.45, 2.75) is 12.8 Å². The van der Waals surface area contributed by atoms with Gasteiger partial charge in [-0.25, -0.2) is 9.78 Å². The SMILES string of the molecule is CNCCCC(=O)Nc1nc(-c2c[nH]c(C(=O)OC)c2)cs1. The summed E-state index contributed by atoms with van der Waals surface area (Å²) in [5.41, 5.74) is 1.83. The van der Waals surface area contributed by atoms with Crippen molar-refractivity contribution in [1.29, 1.82) is 0 Å². The third-order valence-electron chi connectivity index (χ3n) is 2.97. The van der Waals surface area contributed by atoms with Crippen molar-refractivity contribution in [3.63, 3.8) is 0 Å². The van der Waals surface area contributed by atoms with Crippen molar-refractivity contribution >= 4 is 28.3 Å². The molecular weight excluding hydrogens is 304 g/mol. The molecule has 0 unspecified atom stereocenters. The number of H-pyrrole nitrogens is 1. The van der Waals surface area contributed by atoms with Gasteiger partial charge in [0.05, 0.1) is 12.8 Å². The number of amides is 1. The number of hydrogen-bond acceptors (Lipinski definition) is 6. The molecule has 0 spiro atoms. The third-order valence-corrected chi connectivity index (χ3v) is 3.72. The highest BCUT2D eigenvalue weighted by molar-refractivity contribution is 7.14. The van der Waals surface area contributed by atoms with Crippen LogP contribution in [0.1, 0.15) is 23.3 Å². The lowest BCUT2D eigenvalue weighted by Gasteiger charge is -2.00. The summed E-state index contributed by atoms with van der Waals surface area (Å²) in [6, 6.07) is 1.67. The second-order valence-electron chi connectivity index (χ2n) is 4.59. The van der Waals surface area contributed by atoms with Crippen LogP contribution in [0.3, 0.4) is 0 Å². The molecule has 2 aromatic heterocycles. The summed E-state index contributed by atoms with van der Waals surface area (Å²) in [6.07, 6.45) is 2.91. The molecule has 0 bridgehead atoms. The summed E-state index contributed by atoms with van der Waals surface area (Å²) < 4.78 is 4.64. The second kappa shape index (κ2) is 7.71. The van der Waals surface area contributed by atoms with Gasteiger partial charge in [-0.1, -0.05) is 0 Å². The highest BCUT2D eigenvalue weighted by atomic mass is 32.1. The number of thiazole rings is 1. The van der Waals surface area contributed by atoms with Crippen LogP contribution < -0.4 is 10.6 Å². The fourth-order valence-electron chi connectivity index (χ4n) is 1.84. The Labute approximate surface area is 132 Å². The van der Waals surface area contributed by atoms with Gasteiger partial charge in [-0.2, -0.15) is 0 Å². The van der Waals surface area contributed by atoms with E-state index in [0.29, 0.717) is 22.9 Å². The van der Waals surface area contributed by atoms with E-state index in [4.69, 9.17) is 0 Å². The predicted octanol–water partition coefficient (Wildman–Crippen LogP) is 1.86. The Morgan fingerprint density at radius 3 is 3.00 bits per heavy atom. The summed E-state index contributed by atoms with van der Waals surface area (Å²) in [4.78, 5) is 30.3. The van der Waals surface area contributed by atoms with Crippen molar-refractivity contribution in [2.75, 3.05) is 26.0 Å². The minimum Gasteiger partial charge on any atom is -0.464 e. The zero-order valence-electron chi connectivity index (χ0n) is 12.4. The molecule has 0 saturated carbocycles. The Hall–Kier alpha value is -2.19. The number of rotatable bonds is 7. The molecule has 8 heteroatoms. The molecule has 0 saturated heterocycles. The highest BCUT2D eigenvalue weighted by Gasteiger charge is 2.12. The number of esters is 1. The molecule has 2 heterocycles. The van der Waals surface area contributed by atoms with E-state index in [-0.39, 0.29) is 5.91 Å². The van der Waals surface area contributed by atoms with Gasteiger partial charge >= 0.3 is 5.97 Å². The second-order valence-corrected chi connectivity index (χ2v) is 5.44. The maximum absolute atomic E-state index is 11.7. The molecule has 0 radical (unpaired) electrons. The van der Waals surface area contributed by atoms with Gasteiger partial charge in [0.2, 0.25) is 5.91 Å². The number of anilines is 1. The summed E-state index contributed by atoms with van der Waals surface area (Å²) >= 11 is 1.35. The van der Waals surface area contributed by atoms with Crippen LogP contribution in [-0.2, 0) is 9.53 Å². The van der Waals surface area contributed by atoms with Crippen molar-refractivity contribution in [2.24, 2.45) is 0 Å². The number of carbonyl (C=O) groups is 2. The van der Waals surface area contributed by atoms with Gasteiger partial charge in [0.1, 0.15) is 5.69 Å². The number of nitrogens with one attached hydrogen (secondary N) is 3. The lowest BCUT2D eigenvalue weighted by molar-refractivity contribution is -0.116. The molecule has 22 heavy (non-hydrogen) atoms. The van der Waals surface area contributed by atoms with Crippen molar-refractivity contribution in [3.05, 3.63) is 23.3 Å². The fourth-order valence-corrected chi connectivity index (χ4v) is 2.58. The molecule has 0 atom stereocenters. The maximum Gasteiger partial charge on any atom is 0.354 e. The summed E-state index contributed by atoms with van der Waals surface area (Å²) in [5.74, 6) is -0.486. The Bertz CT molecular complexity index is 650. The van der Waals surface area contributed by atoms with Crippen molar-refractivity contribution in [3.8, 4) is 11.3 Å². The molecule has 3 N–H and O–H groups in total. The van der Waals surface area contributed by atoms with Crippen molar-refractivity contribution in [1.82, 2.24) is 15.3 Å². The smallest absolute Gasteiger partial charge is 0.354 e. The standard InChI is InChI=1S/C14H18N4O3S/c1-15-5-3-4-12(19)18-14-17-11(8-22-14)9-6-10(16-7-9)13(20)21-2/h6-8,15-16H,3-5H2,1-2H3,(H,17,18,19). The number of methoxy groups -OCH3 is 1. The molecule has 118 valence electrons. The van der Waals surface area contributed by atoms with E-state index < -0.39 is 5.97 Å². The van der Waals surface area contributed by atoms with Crippen molar-refractivity contribution < 1.29 is 14.3 Å². The van der Waals surface area contributed by atoms with Gasteiger partial charge < -0.3 is 20.4 Å². The fraction of sp³-hybridized carbons (Fsp3) is 0.357. The Morgan fingerprint density at radius 1 is 1.45 bits per heavy atom. The van der Waals surface area contributed by atoms with Crippen LogP contribution in [0.2, 0.25) is 0 Å². The largest absolute Gasteiger partial charge is 0.464 e. The van der Waals surface area contributed by atoms with Gasteiger partial charge in [-0.3, -0.25) is 4.79 Å². The van der Waals surface area contributed by atoms with Crippen LogP contribution in [0.4, 0.5) is 5.13 Å². The summed E-state index contributed by atoms with van der Waals surface area (Å²) in [5, 5.41) is 8.14. The molecule has 0 fully saturated rings. The van der Waals surface area contributed by atoms with E-state index in [2.05, 4.69) is 25.3 Å². The van der Waals surface area contributed by atoms with Gasteiger partial charge in [-0.05, 0) is 26.1 Å².